The SMILES string of the molecule is CC(C)c1ccc2c(c1)C1OCCOC1C(c1cccc(Br)c1)N2. The summed E-state index contributed by atoms with van der Waals surface area (Å²) in [6.07, 6.45) is -0.0272. The van der Waals surface area contributed by atoms with Gasteiger partial charge < -0.3 is 14.8 Å². The summed E-state index contributed by atoms with van der Waals surface area (Å²) in [6, 6.07) is 15.2. The highest BCUT2D eigenvalue weighted by Gasteiger charge is 2.41. The normalized spacial score (nSPS) is 25.8. The first-order chi connectivity index (χ1) is 11.6. The molecule has 126 valence electrons. The van der Waals surface area contributed by atoms with E-state index in [1.807, 2.05) is 6.07 Å². The van der Waals surface area contributed by atoms with Crippen LogP contribution in [0.1, 0.15) is 48.6 Å². The van der Waals surface area contributed by atoms with Crippen LogP contribution in [0, 0.1) is 0 Å². The average Bonchev–Trinajstić information content (AvgIpc) is 2.60. The maximum atomic E-state index is 6.15. The van der Waals surface area contributed by atoms with Crippen molar-refractivity contribution in [2.24, 2.45) is 0 Å². The van der Waals surface area contributed by atoms with Crippen LogP contribution < -0.4 is 5.32 Å². The monoisotopic (exact) mass is 387 g/mol. The molecule has 0 bridgehead atoms. The van der Waals surface area contributed by atoms with Gasteiger partial charge in [-0.25, -0.2) is 0 Å². The van der Waals surface area contributed by atoms with E-state index in [4.69, 9.17) is 9.47 Å². The Morgan fingerprint density at radius 2 is 1.92 bits per heavy atom. The molecule has 3 nitrogen and oxygen atoms in total. The van der Waals surface area contributed by atoms with Crippen molar-refractivity contribution in [1.82, 2.24) is 0 Å². The van der Waals surface area contributed by atoms with Gasteiger partial charge in [-0.15, -0.1) is 0 Å². The fraction of sp³-hybridized carbons (Fsp3) is 0.400. The second-order valence-electron chi connectivity index (χ2n) is 6.81. The molecule has 0 radical (unpaired) electrons. The van der Waals surface area contributed by atoms with Gasteiger partial charge in [0, 0.05) is 15.7 Å². The zero-order valence-electron chi connectivity index (χ0n) is 14.0. The lowest BCUT2D eigenvalue weighted by Crippen LogP contribution is -2.43. The third-order valence-corrected chi connectivity index (χ3v) is 5.38. The molecule has 2 aliphatic heterocycles. The summed E-state index contributed by atoms with van der Waals surface area (Å²) in [7, 11) is 0. The summed E-state index contributed by atoms with van der Waals surface area (Å²) in [5.74, 6) is 0.501. The molecule has 0 amide bonds. The summed E-state index contributed by atoms with van der Waals surface area (Å²) in [6.45, 7) is 5.74. The molecular weight excluding hydrogens is 366 g/mol. The average molecular weight is 388 g/mol. The number of hydrogen-bond acceptors (Lipinski definition) is 3. The van der Waals surface area contributed by atoms with E-state index in [2.05, 4.69) is 71.5 Å². The Balaban J connectivity index is 1.77. The number of hydrogen-bond donors (Lipinski definition) is 1. The number of benzene rings is 2. The smallest absolute Gasteiger partial charge is 0.113 e. The molecule has 4 heteroatoms. The predicted octanol–water partition coefficient (Wildman–Crippen LogP) is 5.20. The largest absolute Gasteiger partial charge is 0.375 e. The third kappa shape index (κ3) is 2.87. The molecule has 1 fully saturated rings. The molecule has 0 saturated carbocycles. The zero-order chi connectivity index (χ0) is 16.7. The molecule has 0 aromatic heterocycles. The molecule has 0 spiro atoms. The van der Waals surface area contributed by atoms with Gasteiger partial charge in [-0.1, -0.05) is 54.0 Å². The van der Waals surface area contributed by atoms with E-state index in [-0.39, 0.29) is 18.2 Å². The number of halogens is 1. The topological polar surface area (TPSA) is 30.5 Å². The molecule has 1 saturated heterocycles. The summed E-state index contributed by atoms with van der Waals surface area (Å²) >= 11 is 3.57. The van der Waals surface area contributed by atoms with Crippen molar-refractivity contribution < 1.29 is 9.47 Å². The van der Waals surface area contributed by atoms with Crippen LogP contribution in [0.15, 0.2) is 46.9 Å². The van der Waals surface area contributed by atoms with Crippen LogP contribution in [-0.4, -0.2) is 19.3 Å². The minimum absolute atomic E-state index is 0.0111. The van der Waals surface area contributed by atoms with Crippen LogP contribution in [0.3, 0.4) is 0 Å². The van der Waals surface area contributed by atoms with E-state index in [0.717, 1.165) is 10.2 Å². The number of ether oxygens (including phenoxy) is 2. The second kappa shape index (κ2) is 6.51. The van der Waals surface area contributed by atoms with Gasteiger partial charge in [-0.3, -0.25) is 0 Å². The van der Waals surface area contributed by atoms with Crippen molar-refractivity contribution in [1.29, 1.82) is 0 Å². The van der Waals surface area contributed by atoms with Crippen LogP contribution in [0.5, 0.6) is 0 Å². The van der Waals surface area contributed by atoms with Crippen LogP contribution in [0.25, 0.3) is 0 Å². The lowest BCUT2D eigenvalue weighted by Gasteiger charge is -2.43. The van der Waals surface area contributed by atoms with Gasteiger partial charge >= 0.3 is 0 Å². The minimum Gasteiger partial charge on any atom is -0.375 e. The van der Waals surface area contributed by atoms with Gasteiger partial charge in [0.1, 0.15) is 12.2 Å². The fourth-order valence-corrected chi connectivity index (χ4v) is 4.03. The maximum absolute atomic E-state index is 6.15. The second-order valence-corrected chi connectivity index (χ2v) is 7.72. The van der Waals surface area contributed by atoms with Crippen molar-refractivity contribution in [2.75, 3.05) is 18.5 Å². The molecule has 2 aromatic carbocycles. The van der Waals surface area contributed by atoms with Crippen LogP contribution >= 0.6 is 15.9 Å². The van der Waals surface area contributed by atoms with Crippen LogP contribution in [0.2, 0.25) is 0 Å². The number of anilines is 1. The highest BCUT2D eigenvalue weighted by atomic mass is 79.9. The van der Waals surface area contributed by atoms with Gasteiger partial charge in [0.2, 0.25) is 0 Å². The Labute approximate surface area is 151 Å². The fourth-order valence-electron chi connectivity index (χ4n) is 3.61. The summed E-state index contributed by atoms with van der Waals surface area (Å²) in [5.41, 5.74) is 4.92. The number of nitrogens with one attached hydrogen (secondary N) is 1. The number of rotatable bonds is 2. The van der Waals surface area contributed by atoms with Crippen LogP contribution in [0.4, 0.5) is 5.69 Å². The van der Waals surface area contributed by atoms with E-state index >= 15 is 0 Å². The van der Waals surface area contributed by atoms with E-state index in [0.29, 0.717) is 19.1 Å². The Bertz CT molecular complexity index is 746. The highest BCUT2D eigenvalue weighted by molar-refractivity contribution is 9.10. The summed E-state index contributed by atoms with van der Waals surface area (Å²) < 4.78 is 13.4. The number of fused-ring (bicyclic) bond motifs is 3. The summed E-state index contributed by atoms with van der Waals surface area (Å²) in [5, 5.41) is 3.68. The predicted molar refractivity (Wildman–Crippen MR) is 99.5 cm³/mol. The van der Waals surface area contributed by atoms with Gasteiger partial charge in [0.25, 0.3) is 0 Å². The van der Waals surface area contributed by atoms with Crippen molar-refractivity contribution in [3.05, 3.63) is 63.6 Å². The first-order valence-electron chi connectivity index (χ1n) is 8.52. The standard InChI is InChI=1S/C20H22BrNO2/c1-12(2)13-6-7-17-16(11-13)19-20(24-9-8-23-19)18(22-17)14-4-3-5-15(21)10-14/h3-7,10-12,18-20,22H,8-9H2,1-2H3. The molecule has 2 heterocycles. The van der Waals surface area contributed by atoms with Gasteiger partial charge in [0.15, 0.2) is 0 Å². The highest BCUT2D eigenvalue weighted by Crippen LogP contribution is 2.45. The maximum Gasteiger partial charge on any atom is 0.113 e. The molecule has 2 aromatic rings. The van der Waals surface area contributed by atoms with Crippen molar-refractivity contribution in [3.63, 3.8) is 0 Å². The Morgan fingerprint density at radius 3 is 2.71 bits per heavy atom. The zero-order valence-corrected chi connectivity index (χ0v) is 15.5. The molecular formula is C20H22BrNO2. The molecule has 3 unspecified atom stereocenters. The minimum atomic E-state index is -0.0160. The molecule has 0 aliphatic carbocycles. The van der Waals surface area contributed by atoms with Crippen LogP contribution in [-0.2, 0) is 9.47 Å². The van der Waals surface area contributed by atoms with Gasteiger partial charge in [-0.05, 0) is 35.2 Å². The Hall–Kier alpha value is -1.36. The summed E-state index contributed by atoms with van der Waals surface area (Å²) in [4.78, 5) is 0. The lowest BCUT2D eigenvalue weighted by atomic mass is 9.86. The Kier molecular flexibility index (Phi) is 4.37. The molecule has 1 N–H and O–H groups in total. The van der Waals surface area contributed by atoms with E-state index in [9.17, 15) is 0 Å². The first kappa shape index (κ1) is 16.1. The third-order valence-electron chi connectivity index (χ3n) is 4.89. The quantitative estimate of drug-likeness (QED) is 0.768. The molecule has 4 rings (SSSR count). The van der Waals surface area contributed by atoms with E-state index in [1.165, 1.54) is 16.7 Å². The molecule has 2 aliphatic rings. The van der Waals surface area contributed by atoms with E-state index in [1.54, 1.807) is 0 Å². The van der Waals surface area contributed by atoms with Gasteiger partial charge in [0.05, 0.1) is 19.3 Å². The van der Waals surface area contributed by atoms with Gasteiger partial charge in [-0.2, -0.15) is 0 Å². The molecule has 24 heavy (non-hydrogen) atoms. The van der Waals surface area contributed by atoms with Crippen molar-refractivity contribution in [2.45, 2.75) is 38.0 Å². The van der Waals surface area contributed by atoms with E-state index < -0.39 is 0 Å². The first-order valence-corrected chi connectivity index (χ1v) is 9.32. The lowest BCUT2D eigenvalue weighted by molar-refractivity contribution is -0.151. The molecule has 3 atom stereocenters. The Morgan fingerprint density at radius 1 is 1.08 bits per heavy atom. The van der Waals surface area contributed by atoms with Crippen molar-refractivity contribution >= 4 is 21.6 Å². The van der Waals surface area contributed by atoms with Crippen molar-refractivity contribution in [3.8, 4) is 0 Å².